The van der Waals surface area contributed by atoms with Crippen LogP contribution in [0.3, 0.4) is 0 Å². The van der Waals surface area contributed by atoms with Crippen molar-refractivity contribution in [3.05, 3.63) is 29.3 Å². The molecule has 4 heteroatoms. The molecular formula is C16H26N2O2. The monoisotopic (exact) mass is 278 g/mol. The summed E-state index contributed by atoms with van der Waals surface area (Å²) in [6, 6.07) is 5.71. The maximum absolute atomic E-state index is 11.7. The quantitative estimate of drug-likeness (QED) is 0.805. The summed E-state index contributed by atoms with van der Waals surface area (Å²) in [6.07, 6.45) is 0.974. The lowest BCUT2D eigenvalue weighted by Crippen LogP contribution is -2.30. The van der Waals surface area contributed by atoms with E-state index in [2.05, 4.69) is 19.2 Å². The molecule has 4 nitrogen and oxygen atoms in total. The Morgan fingerprint density at radius 2 is 2.05 bits per heavy atom. The Morgan fingerprint density at radius 1 is 1.35 bits per heavy atom. The zero-order valence-electron chi connectivity index (χ0n) is 12.9. The van der Waals surface area contributed by atoms with Crippen molar-refractivity contribution >= 4 is 5.91 Å². The topological polar surface area (TPSA) is 64.3 Å². The summed E-state index contributed by atoms with van der Waals surface area (Å²) in [4.78, 5) is 11.7. The number of carbonyl (C=O) groups is 1. The van der Waals surface area contributed by atoms with Gasteiger partial charge in [-0.2, -0.15) is 0 Å². The minimum absolute atomic E-state index is 0.0286. The van der Waals surface area contributed by atoms with E-state index in [9.17, 15) is 4.79 Å². The molecule has 0 unspecified atom stereocenters. The highest BCUT2D eigenvalue weighted by Gasteiger charge is 2.10. The summed E-state index contributed by atoms with van der Waals surface area (Å²) in [7, 11) is 0. The molecule has 0 aromatic heterocycles. The van der Waals surface area contributed by atoms with E-state index < -0.39 is 0 Å². The van der Waals surface area contributed by atoms with Crippen LogP contribution in [0.1, 0.15) is 44.4 Å². The van der Waals surface area contributed by atoms with Crippen LogP contribution in [0.15, 0.2) is 18.2 Å². The van der Waals surface area contributed by atoms with Gasteiger partial charge in [-0.05, 0) is 32.3 Å². The first kappa shape index (κ1) is 16.5. The van der Waals surface area contributed by atoms with Gasteiger partial charge in [-0.15, -0.1) is 0 Å². The maximum Gasteiger partial charge on any atom is 0.257 e. The third-order valence-corrected chi connectivity index (χ3v) is 3.06. The predicted octanol–water partition coefficient (Wildman–Crippen LogP) is 2.56. The Kier molecular flexibility index (Phi) is 6.52. The molecule has 0 heterocycles. The van der Waals surface area contributed by atoms with Crippen LogP contribution in [0.5, 0.6) is 5.75 Å². The zero-order valence-corrected chi connectivity index (χ0v) is 12.9. The van der Waals surface area contributed by atoms with Crippen LogP contribution in [0, 0.1) is 12.8 Å². The van der Waals surface area contributed by atoms with E-state index in [1.807, 2.05) is 32.0 Å². The van der Waals surface area contributed by atoms with Crippen LogP contribution < -0.4 is 15.8 Å². The molecule has 112 valence electrons. The molecule has 1 rings (SSSR count). The van der Waals surface area contributed by atoms with Crippen molar-refractivity contribution in [3.8, 4) is 5.75 Å². The number of nitrogens with two attached hydrogens (primary N) is 1. The van der Waals surface area contributed by atoms with Gasteiger partial charge in [0, 0.05) is 18.2 Å². The van der Waals surface area contributed by atoms with Crippen molar-refractivity contribution in [1.29, 1.82) is 0 Å². The second kappa shape index (κ2) is 7.90. The summed E-state index contributed by atoms with van der Waals surface area (Å²) < 4.78 is 5.58. The molecule has 3 N–H and O–H groups in total. The van der Waals surface area contributed by atoms with E-state index in [-0.39, 0.29) is 18.6 Å². The molecule has 1 aromatic carbocycles. The first-order valence-electron chi connectivity index (χ1n) is 7.15. The molecular weight excluding hydrogens is 252 g/mol. The van der Waals surface area contributed by atoms with Gasteiger partial charge < -0.3 is 15.8 Å². The van der Waals surface area contributed by atoms with Crippen LogP contribution in [-0.4, -0.2) is 19.1 Å². The lowest BCUT2D eigenvalue weighted by molar-refractivity contribution is -0.123. The van der Waals surface area contributed by atoms with Gasteiger partial charge in [-0.1, -0.05) is 31.5 Å². The Morgan fingerprint density at radius 3 is 2.65 bits per heavy atom. The molecule has 0 aliphatic carbocycles. The zero-order chi connectivity index (χ0) is 15.1. The van der Waals surface area contributed by atoms with Crippen molar-refractivity contribution in [3.63, 3.8) is 0 Å². The van der Waals surface area contributed by atoms with Crippen LogP contribution in [-0.2, 0) is 4.79 Å². The van der Waals surface area contributed by atoms with Crippen LogP contribution in [0.4, 0.5) is 0 Å². The molecule has 0 aliphatic rings. The SMILES string of the molecule is Cc1ccc(OCC(=O)NCCC(C)C)c([C@H](C)N)c1. The highest BCUT2D eigenvalue weighted by molar-refractivity contribution is 5.77. The van der Waals surface area contributed by atoms with Crippen molar-refractivity contribution < 1.29 is 9.53 Å². The average molecular weight is 278 g/mol. The number of ether oxygens (including phenoxy) is 1. The Balaban J connectivity index is 2.51. The minimum atomic E-state index is -0.117. The molecule has 0 saturated heterocycles. The van der Waals surface area contributed by atoms with Gasteiger partial charge in [0.25, 0.3) is 5.91 Å². The first-order chi connectivity index (χ1) is 9.40. The van der Waals surface area contributed by atoms with Crippen LogP contribution in [0.25, 0.3) is 0 Å². The number of carbonyl (C=O) groups excluding carboxylic acids is 1. The third kappa shape index (κ3) is 5.61. The Labute approximate surface area is 121 Å². The Bertz CT molecular complexity index is 442. The second-order valence-electron chi connectivity index (χ2n) is 5.65. The number of hydrogen-bond acceptors (Lipinski definition) is 3. The van der Waals surface area contributed by atoms with E-state index in [1.165, 1.54) is 0 Å². The number of hydrogen-bond donors (Lipinski definition) is 2. The standard InChI is InChI=1S/C16H26N2O2/c1-11(2)7-8-18-16(19)10-20-15-6-5-12(3)9-14(15)13(4)17/h5-6,9,11,13H,7-8,10,17H2,1-4H3,(H,18,19)/t13-/m0/s1. The highest BCUT2D eigenvalue weighted by Crippen LogP contribution is 2.24. The van der Waals surface area contributed by atoms with Crippen molar-refractivity contribution in [2.45, 2.75) is 40.2 Å². The second-order valence-corrected chi connectivity index (χ2v) is 5.65. The van der Waals surface area contributed by atoms with Crippen LogP contribution in [0.2, 0.25) is 0 Å². The summed E-state index contributed by atoms with van der Waals surface area (Å²) in [5.74, 6) is 1.17. The largest absolute Gasteiger partial charge is 0.483 e. The normalized spacial score (nSPS) is 12.3. The average Bonchev–Trinajstić information content (AvgIpc) is 2.36. The minimum Gasteiger partial charge on any atom is -0.483 e. The number of rotatable bonds is 7. The summed E-state index contributed by atoms with van der Waals surface area (Å²) in [5.41, 5.74) is 7.98. The fourth-order valence-electron chi connectivity index (χ4n) is 1.85. The molecule has 0 bridgehead atoms. The van der Waals surface area contributed by atoms with E-state index in [1.54, 1.807) is 0 Å². The molecule has 0 radical (unpaired) electrons. The molecule has 1 aromatic rings. The van der Waals surface area contributed by atoms with Gasteiger partial charge in [0.15, 0.2) is 6.61 Å². The fourth-order valence-corrected chi connectivity index (χ4v) is 1.85. The summed E-state index contributed by atoms with van der Waals surface area (Å²) in [5, 5.41) is 2.85. The molecule has 20 heavy (non-hydrogen) atoms. The van der Waals surface area contributed by atoms with E-state index in [4.69, 9.17) is 10.5 Å². The molecule has 0 fully saturated rings. The number of amides is 1. The van der Waals surface area contributed by atoms with Crippen molar-refractivity contribution in [2.24, 2.45) is 11.7 Å². The van der Waals surface area contributed by atoms with Gasteiger partial charge in [-0.3, -0.25) is 4.79 Å². The third-order valence-electron chi connectivity index (χ3n) is 3.06. The summed E-state index contributed by atoms with van der Waals surface area (Å²) in [6.45, 7) is 8.89. The highest BCUT2D eigenvalue weighted by atomic mass is 16.5. The Hall–Kier alpha value is -1.55. The number of aryl methyl sites for hydroxylation is 1. The summed E-state index contributed by atoms with van der Waals surface area (Å²) >= 11 is 0. The smallest absolute Gasteiger partial charge is 0.257 e. The van der Waals surface area contributed by atoms with Crippen molar-refractivity contribution in [2.75, 3.05) is 13.2 Å². The van der Waals surface area contributed by atoms with Gasteiger partial charge >= 0.3 is 0 Å². The molecule has 0 saturated carbocycles. The number of nitrogens with one attached hydrogen (secondary N) is 1. The van der Waals surface area contributed by atoms with E-state index in [0.29, 0.717) is 18.2 Å². The lowest BCUT2D eigenvalue weighted by atomic mass is 10.1. The molecule has 0 aliphatic heterocycles. The number of benzene rings is 1. The van der Waals surface area contributed by atoms with Gasteiger partial charge in [-0.25, -0.2) is 0 Å². The molecule has 1 amide bonds. The van der Waals surface area contributed by atoms with Crippen LogP contribution >= 0.6 is 0 Å². The lowest BCUT2D eigenvalue weighted by Gasteiger charge is -2.15. The molecule has 0 spiro atoms. The van der Waals surface area contributed by atoms with E-state index >= 15 is 0 Å². The molecule has 1 atom stereocenters. The predicted molar refractivity (Wildman–Crippen MR) is 81.7 cm³/mol. The van der Waals surface area contributed by atoms with Crippen molar-refractivity contribution in [1.82, 2.24) is 5.32 Å². The van der Waals surface area contributed by atoms with E-state index in [0.717, 1.165) is 17.5 Å². The maximum atomic E-state index is 11.7. The van der Waals surface area contributed by atoms with Gasteiger partial charge in [0.05, 0.1) is 0 Å². The fraction of sp³-hybridized carbons (Fsp3) is 0.562. The van der Waals surface area contributed by atoms with Gasteiger partial charge in [0.1, 0.15) is 5.75 Å². The first-order valence-corrected chi connectivity index (χ1v) is 7.15. The van der Waals surface area contributed by atoms with Gasteiger partial charge in [0.2, 0.25) is 0 Å².